The van der Waals surface area contributed by atoms with Crippen LogP contribution in [0, 0.1) is 0 Å². The first kappa shape index (κ1) is 14.1. The molecule has 0 saturated carbocycles. The number of hydrogen-bond donors (Lipinski definition) is 1. The summed E-state index contributed by atoms with van der Waals surface area (Å²) >= 11 is 4.45. The number of carbonyl (C=O) groups excluding carboxylic acids is 1. The highest BCUT2D eigenvalue weighted by atomic mass is 79.9. The molecule has 2 nitrogen and oxygen atoms in total. The topological polar surface area (TPSA) is 29.1 Å². The van der Waals surface area contributed by atoms with E-state index in [9.17, 15) is 18.0 Å². The second-order valence-corrected chi connectivity index (χ2v) is 5.29. The third-order valence-electron chi connectivity index (χ3n) is 2.33. The summed E-state index contributed by atoms with van der Waals surface area (Å²) in [5, 5.41) is 5.79. The third kappa shape index (κ3) is 3.36. The van der Waals surface area contributed by atoms with Crippen LogP contribution < -0.4 is 5.32 Å². The van der Waals surface area contributed by atoms with Crippen LogP contribution in [0.4, 0.5) is 18.9 Å². The third-order valence-corrected chi connectivity index (χ3v) is 3.70. The Labute approximate surface area is 119 Å². The minimum absolute atomic E-state index is 0.0889. The molecule has 0 unspecified atom stereocenters. The summed E-state index contributed by atoms with van der Waals surface area (Å²) in [5.74, 6) is -0.443. The van der Waals surface area contributed by atoms with E-state index >= 15 is 0 Å². The van der Waals surface area contributed by atoms with Crippen LogP contribution in [0.15, 0.2) is 39.5 Å². The maximum Gasteiger partial charge on any atom is 0.416 e. The van der Waals surface area contributed by atoms with E-state index < -0.39 is 17.6 Å². The van der Waals surface area contributed by atoms with Crippen molar-refractivity contribution in [1.82, 2.24) is 0 Å². The molecular formula is C12H7BrF3NOS. The molecular weight excluding hydrogens is 343 g/mol. The summed E-state index contributed by atoms with van der Waals surface area (Å²) in [7, 11) is 0. The smallest absolute Gasteiger partial charge is 0.321 e. The fourth-order valence-electron chi connectivity index (χ4n) is 1.39. The van der Waals surface area contributed by atoms with Crippen molar-refractivity contribution in [1.29, 1.82) is 0 Å². The zero-order chi connectivity index (χ0) is 14.0. The lowest BCUT2D eigenvalue weighted by Gasteiger charge is -2.11. The van der Waals surface area contributed by atoms with E-state index in [0.717, 1.165) is 12.1 Å². The largest absolute Gasteiger partial charge is 0.416 e. The molecule has 0 spiro atoms. The fraction of sp³-hybridized carbons (Fsp3) is 0.0833. The van der Waals surface area contributed by atoms with Gasteiger partial charge in [-0.15, -0.1) is 0 Å². The first-order valence-corrected chi connectivity index (χ1v) is 6.82. The van der Waals surface area contributed by atoms with E-state index in [-0.39, 0.29) is 5.69 Å². The first-order chi connectivity index (χ1) is 8.88. The van der Waals surface area contributed by atoms with Gasteiger partial charge in [0.15, 0.2) is 0 Å². The molecule has 2 aromatic rings. The lowest BCUT2D eigenvalue weighted by atomic mass is 10.2. The van der Waals surface area contributed by atoms with Crippen molar-refractivity contribution >= 4 is 38.9 Å². The highest BCUT2D eigenvalue weighted by Crippen LogP contribution is 2.34. The number of rotatable bonds is 2. The molecule has 0 bridgehead atoms. The summed E-state index contributed by atoms with van der Waals surface area (Å²) in [6.45, 7) is 0. The van der Waals surface area contributed by atoms with Crippen molar-refractivity contribution in [3.8, 4) is 0 Å². The Balaban J connectivity index is 2.27. The number of carbonyl (C=O) groups is 1. The van der Waals surface area contributed by atoms with Crippen molar-refractivity contribution in [3.63, 3.8) is 0 Å². The molecule has 19 heavy (non-hydrogen) atoms. The van der Waals surface area contributed by atoms with Crippen LogP contribution in [0.3, 0.4) is 0 Å². The Morgan fingerprint density at radius 1 is 1.26 bits per heavy atom. The zero-order valence-electron chi connectivity index (χ0n) is 9.29. The molecule has 1 N–H and O–H groups in total. The molecule has 1 aromatic heterocycles. The quantitative estimate of drug-likeness (QED) is 0.830. The molecule has 0 atom stereocenters. The number of thiophene rings is 1. The van der Waals surface area contributed by atoms with Gasteiger partial charge in [-0.3, -0.25) is 4.79 Å². The molecule has 0 saturated heterocycles. The maximum atomic E-state index is 12.6. The van der Waals surface area contributed by atoms with E-state index in [1.807, 2.05) is 0 Å². The van der Waals surface area contributed by atoms with Gasteiger partial charge < -0.3 is 5.32 Å². The molecule has 1 amide bonds. The molecule has 0 radical (unpaired) electrons. The Morgan fingerprint density at radius 3 is 2.58 bits per heavy atom. The van der Waals surface area contributed by atoms with Crippen molar-refractivity contribution in [3.05, 3.63) is 50.6 Å². The Kier molecular flexibility index (Phi) is 3.96. The second-order valence-electron chi connectivity index (χ2n) is 3.66. The number of benzene rings is 1. The fourth-order valence-corrected chi connectivity index (χ4v) is 2.37. The minimum Gasteiger partial charge on any atom is -0.321 e. The van der Waals surface area contributed by atoms with Crippen molar-refractivity contribution in [2.45, 2.75) is 6.18 Å². The summed E-state index contributed by atoms with van der Waals surface area (Å²) < 4.78 is 38.1. The van der Waals surface area contributed by atoms with Gasteiger partial charge in [-0.2, -0.15) is 24.5 Å². The normalized spacial score (nSPS) is 11.4. The van der Waals surface area contributed by atoms with Crippen LogP contribution in [0.1, 0.15) is 15.9 Å². The Bertz CT molecular complexity index is 596. The molecule has 1 aromatic carbocycles. The number of halogens is 4. The maximum absolute atomic E-state index is 12.6. The predicted octanol–water partition coefficient (Wildman–Crippen LogP) is 4.78. The van der Waals surface area contributed by atoms with Gasteiger partial charge in [0.1, 0.15) is 0 Å². The van der Waals surface area contributed by atoms with Crippen molar-refractivity contribution in [2.75, 3.05) is 5.32 Å². The number of amides is 1. The summed E-state index contributed by atoms with van der Waals surface area (Å²) in [6, 6.07) is 4.70. The van der Waals surface area contributed by atoms with Crippen molar-refractivity contribution < 1.29 is 18.0 Å². The molecule has 0 aliphatic carbocycles. The number of anilines is 1. The van der Waals surface area contributed by atoms with Gasteiger partial charge in [-0.05, 0) is 45.6 Å². The molecule has 0 aliphatic rings. The minimum atomic E-state index is -4.44. The lowest BCUT2D eigenvalue weighted by Crippen LogP contribution is -2.13. The van der Waals surface area contributed by atoms with Crippen LogP contribution in [-0.4, -0.2) is 5.91 Å². The highest BCUT2D eigenvalue weighted by Gasteiger charge is 2.31. The standard InChI is InChI=1S/C12H7BrF3NOS/c13-9-2-1-8(12(14,15)16)5-10(9)17-11(18)7-3-4-19-6-7/h1-6H,(H,17,18). The summed E-state index contributed by atoms with van der Waals surface area (Å²) in [5.41, 5.74) is -0.309. The number of alkyl halides is 3. The van der Waals surface area contributed by atoms with Gasteiger partial charge in [0.2, 0.25) is 0 Å². The number of nitrogens with one attached hydrogen (secondary N) is 1. The molecule has 1 heterocycles. The van der Waals surface area contributed by atoms with E-state index in [1.165, 1.54) is 17.4 Å². The highest BCUT2D eigenvalue weighted by molar-refractivity contribution is 9.10. The SMILES string of the molecule is O=C(Nc1cc(C(F)(F)F)ccc1Br)c1ccsc1. The second kappa shape index (κ2) is 5.34. The monoisotopic (exact) mass is 349 g/mol. The van der Waals surface area contributed by atoms with Gasteiger partial charge in [0.05, 0.1) is 16.8 Å². The van der Waals surface area contributed by atoms with Crippen molar-refractivity contribution in [2.24, 2.45) is 0 Å². The van der Waals surface area contributed by atoms with Gasteiger partial charge in [-0.1, -0.05) is 0 Å². The number of hydrogen-bond acceptors (Lipinski definition) is 2. The average molecular weight is 350 g/mol. The van der Waals surface area contributed by atoms with E-state index in [1.54, 1.807) is 16.8 Å². The predicted molar refractivity (Wildman–Crippen MR) is 71.4 cm³/mol. The summed E-state index contributed by atoms with van der Waals surface area (Å²) in [4.78, 5) is 11.8. The molecule has 0 fully saturated rings. The Morgan fingerprint density at radius 2 is 2.00 bits per heavy atom. The van der Waals surface area contributed by atoms with Gasteiger partial charge in [-0.25, -0.2) is 0 Å². The zero-order valence-corrected chi connectivity index (χ0v) is 11.7. The van der Waals surface area contributed by atoms with Crippen LogP contribution >= 0.6 is 27.3 Å². The Hall–Kier alpha value is -1.34. The molecule has 100 valence electrons. The van der Waals surface area contributed by atoms with Gasteiger partial charge >= 0.3 is 6.18 Å². The summed E-state index contributed by atoms with van der Waals surface area (Å²) in [6.07, 6.45) is -4.44. The van der Waals surface area contributed by atoms with Crippen LogP contribution in [0.2, 0.25) is 0 Å². The average Bonchev–Trinajstić information content (AvgIpc) is 2.84. The van der Waals surface area contributed by atoms with Gasteiger partial charge in [0, 0.05) is 9.85 Å². The van der Waals surface area contributed by atoms with E-state index in [0.29, 0.717) is 10.0 Å². The van der Waals surface area contributed by atoms with Crippen LogP contribution in [-0.2, 0) is 6.18 Å². The van der Waals surface area contributed by atoms with E-state index in [2.05, 4.69) is 21.2 Å². The van der Waals surface area contributed by atoms with E-state index in [4.69, 9.17) is 0 Å². The first-order valence-electron chi connectivity index (χ1n) is 5.08. The van der Waals surface area contributed by atoms with Crippen LogP contribution in [0.25, 0.3) is 0 Å². The molecule has 7 heteroatoms. The molecule has 0 aliphatic heterocycles. The van der Waals surface area contributed by atoms with Crippen LogP contribution in [0.5, 0.6) is 0 Å². The van der Waals surface area contributed by atoms with Gasteiger partial charge in [0.25, 0.3) is 5.91 Å². The molecule has 2 rings (SSSR count). The lowest BCUT2D eigenvalue weighted by molar-refractivity contribution is -0.137.